The van der Waals surface area contributed by atoms with E-state index in [0.717, 1.165) is 18.4 Å². The maximum Gasteiger partial charge on any atom is 0.146 e. The fraction of sp³-hybridized carbons (Fsp3) is 0.417. The van der Waals surface area contributed by atoms with Gasteiger partial charge in [-0.15, -0.1) is 0 Å². The minimum atomic E-state index is -0.407. The van der Waals surface area contributed by atoms with E-state index in [1.807, 2.05) is 0 Å². The van der Waals surface area contributed by atoms with Crippen molar-refractivity contribution in [3.63, 3.8) is 0 Å². The minimum absolute atomic E-state index is 0.0632. The maximum atomic E-state index is 13.3. The van der Waals surface area contributed by atoms with Gasteiger partial charge in [-0.05, 0) is 36.5 Å². The van der Waals surface area contributed by atoms with Crippen molar-refractivity contribution in [2.75, 3.05) is 5.73 Å². The average Bonchev–Trinajstić information content (AvgIpc) is 2.74. The second-order valence-electron chi connectivity index (χ2n) is 4.05. The molecular formula is C12H13FN2. The minimum Gasteiger partial charge on any atom is -0.396 e. The van der Waals surface area contributed by atoms with Gasteiger partial charge in [0.25, 0.3) is 0 Å². The molecule has 1 fully saturated rings. The lowest BCUT2D eigenvalue weighted by molar-refractivity contribution is 0.622. The topological polar surface area (TPSA) is 49.8 Å². The SMILES string of the molecule is N#Cc1cc(N)c(F)cc1C1CCCC1. The average molecular weight is 204 g/mol. The van der Waals surface area contributed by atoms with Gasteiger partial charge >= 0.3 is 0 Å². The molecule has 1 aliphatic carbocycles. The van der Waals surface area contributed by atoms with Crippen LogP contribution in [0.5, 0.6) is 0 Å². The fourth-order valence-electron chi connectivity index (χ4n) is 2.28. The lowest BCUT2D eigenvalue weighted by Crippen LogP contribution is -2.01. The van der Waals surface area contributed by atoms with Crippen LogP contribution in [0, 0.1) is 17.1 Å². The van der Waals surface area contributed by atoms with Crippen molar-refractivity contribution in [1.82, 2.24) is 0 Å². The Morgan fingerprint density at radius 3 is 2.60 bits per heavy atom. The van der Waals surface area contributed by atoms with E-state index in [1.165, 1.54) is 25.0 Å². The number of hydrogen-bond donors (Lipinski definition) is 1. The van der Waals surface area contributed by atoms with Crippen molar-refractivity contribution in [1.29, 1.82) is 5.26 Å². The van der Waals surface area contributed by atoms with Crippen LogP contribution in [0.3, 0.4) is 0 Å². The highest BCUT2D eigenvalue weighted by atomic mass is 19.1. The zero-order valence-electron chi connectivity index (χ0n) is 8.46. The normalized spacial score (nSPS) is 16.5. The highest BCUT2D eigenvalue weighted by molar-refractivity contribution is 5.52. The third kappa shape index (κ3) is 1.80. The monoisotopic (exact) mass is 204 g/mol. The summed E-state index contributed by atoms with van der Waals surface area (Å²) in [6, 6.07) is 4.98. The summed E-state index contributed by atoms with van der Waals surface area (Å²) in [5.41, 5.74) is 6.86. The zero-order chi connectivity index (χ0) is 10.8. The van der Waals surface area contributed by atoms with Gasteiger partial charge < -0.3 is 5.73 Å². The summed E-state index contributed by atoms with van der Waals surface area (Å²) >= 11 is 0. The van der Waals surface area contributed by atoms with Crippen molar-refractivity contribution >= 4 is 5.69 Å². The van der Waals surface area contributed by atoms with Gasteiger partial charge in [0.2, 0.25) is 0 Å². The Bertz CT molecular complexity index is 414. The van der Waals surface area contributed by atoms with Crippen LogP contribution < -0.4 is 5.73 Å². The number of nitrogens with two attached hydrogens (primary N) is 1. The molecule has 0 saturated heterocycles. The van der Waals surface area contributed by atoms with Crippen LogP contribution in [0.1, 0.15) is 42.7 Å². The van der Waals surface area contributed by atoms with Crippen LogP contribution in [0.4, 0.5) is 10.1 Å². The van der Waals surface area contributed by atoms with Crippen LogP contribution >= 0.6 is 0 Å². The molecule has 78 valence electrons. The predicted octanol–water partition coefficient (Wildman–Crippen LogP) is 2.94. The largest absolute Gasteiger partial charge is 0.396 e. The van der Waals surface area contributed by atoms with Crippen LogP contribution in [0.15, 0.2) is 12.1 Å². The smallest absolute Gasteiger partial charge is 0.146 e. The Morgan fingerprint density at radius 1 is 1.33 bits per heavy atom. The molecular weight excluding hydrogens is 191 g/mol. The first kappa shape index (κ1) is 9.97. The van der Waals surface area contributed by atoms with Crippen molar-refractivity contribution in [2.24, 2.45) is 0 Å². The highest BCUT2D eigenvalue weighted by Crippen LogP contribution is 2.36. The summed E-state index contributed by atoms with van der Waals surface area (Å²) in [4.78, 5) is 0. The molecule has 0 aromatic heterocycles. The molecule has 0 unspecified atom stereocenters. The van der Waals surface area contributed by atoms with E-state index in [9.17, 15) is 4.39 Å². The Balaban J connectivity index is 2.45. The Kier molecular flexibility index (Phi) is 2.59. The first-order valence-corrected chi connectivity index (χ1v) is 5.21. The number of anilines is 1. The number of nitrogen functional groups attached to an aromatic ring is 1. The zero-order valence-corrected chi connectivity index (χ0v) is 8.46. The van der Waals surface area contributed by atoms with E-state index in [2.05, 4.69) is 6.07 Å². The molecule has 0 heterocycles. The van der Waals surface area contributed by atoms with Crippen molar-refractivity contribution in [3.05, 3.63) is 29.1 Å². The van der Waals surface area contributed by atoms with Gasteiger partial charge in [-0.25, -0.2) is 4.39 Å². The molecule has 1 saturated carbocycles. The third-order valence-electron chi connectivity index (χ3n) is 3.08. The second kappa shape index (κ2) is 3.90. The van der Waals surface area contributed by atoms with Crippen molar-refractivity contribution < 1.29 is 4.39 Å². The summed E-state index contributed by atoms with van der Waals surface area (Å²) in [6.45, 7) is 0. The molecule has 1 aromatic rings. The van der Waals surface area contributed by atoms with Crippen molar-refractivity contribution in [2.45, 2.75) is 31.6 Å². The molecule has 0 spiro atoms. The maximum absolute atomic E-state index is 13.3. The van der Waals surface area contributed by atoms with Gasteiger partial charge in [-0.3, -0.25) is 0 Å². The van der Waals surface area contributed by atoms with E-state index in [4.69, 9.17) is 11.0 Å². The number of benzene rings is 1. The summed E-state index contributed by atoms with van der Waals surface area (Å²) < 4.78 is 13.3. The van der Waals surface area contributed by atoms with Crippen LogP contribution in [-0.4, -0.2) is 0 Å². The van der Waals surface area contributed by atoms with Crippen LogP contribution in [0.2, 0.25) is 0 Å². The summed E-state index contributed by atoms with van der Waals surface area (Å²) in [6.07, 6.45) is 4.44. The molecule has 3 heteroatoms. The van der Waals surface area contributed by atoms with E-state index < -0.39 is 5.82 Å². The molecule has 2 N–H and O–H groups in total. The molecule has 2 rings (SSSR count). The Morgan fingerprint density at radius 2 is 2.00 bits per heavy atom. The lowest BCUT2D eigenvalue weighted by atomic mass is 9.93. The summed E-state index contributed by atoms with van der Waals surface area (Å²) in [5, 5.41) is 8.97. The first-order chi connectivity index (χ1) is 7.22. The van der Waals surface area contributed by atoms with E-state index in [-0.39, 0.29) is 5.69 Å². The van der Waals surface area contributed by atoms with E-state index in [0.29, 0.717) is 11.5 Å². The van der Waals surface area contributed by atoms with Crippen LogP contribution in [0.25, 0.3) is 0 Å². The highest BCUT2D eigenvalue weighted by Gasteiger charge is 2.21. The quantitative estimate of drug-likeness (QED) is 0.715. The van der Waals surface area contributed by atoms with Gasteiger partial charge in [0, 0.05) is 0 Å². The molecule has 15 heavy (non-hydrogen) atoms. The first-order valence-electron chi connectivity index (χ1n) is 5.21. The van der Waals surface area contributed by atoms with Gasteiger partial charge in [0.15, 0.2) is 0 Å². The van der Waals surface area contributed by atoms with Crippen molar-refractivity contribution in [3.8, 4) is 6.07 Å². The lowest BCUT2D eigenvalue weighted by Gasteiger charge is -2.12. The molecule has 0 atom stereocenters. The van der Waals surface area contributed by atoms with Gasteiger partial charge in [-0.1, -0.05) is 12.8 Å². The molecule has 0 bridgehead atoms. The molecule has 1 aliphatic rings. The van der Waals surface area contributed by atoms with E-state index >= 15 is 0 Å². The third-order valence-corrected chi connectivity index (χ3v) is 3.08. The Hall–Kier alpha value is -1.56. The fourth-order valence-corrected chi connectivity index (χ4v) is 2.28. The van der Waals surface area contributed by atoms with Gasteiger partial charge in [0.1, 0.15) is 5.82 Å². The van der Waals surface area contributed by atoms with Gasteiger partial charge in [0.05, 0.1) is 17.3 Å². The molecule has 0 aliphatic heterocycles. The Labute approximate surface area is 88.5 Å². The molecule has 1 aromatic carbocycles. The summed E-state index contributed by atoms with van der Waals surface area (Å²) in [7, 11) is 0. The molecule has 0 amide bonds. The predicted molar refractivity (Wildman–Crippen MR) is 56.7 cm³/mol. The van der Waals surface area contributed by atoms with Gasteiger partial charge in [-0.2, -0.15) is 5.26 Å². The number of nitrogens with zero attached hydrogens (tertiary/aromatic N) is 1. The number of rotatable bonds is 1. The summed E-state index contributed by atoms with van der Waals surface area (Å²) in [5.74, 6) is -0.0642. The number of halogens is 1. The molecule has 2 nitrogen and oxygen atoms in total. The van der Waals surface area contributed by atoms with E-state index in [1.54, 1.807) is 0 Å². The number of hydrogen-bond acceptors (Lipinski definition) is 2. The molecule has 0 radical (unpaired) electrons. The second-order valence-corrected chi connectivity index (χ2v) is 4.05. The van der Waals surface area contributed by atoms with Crippen LogP contribution in [-0.2, 0) is 0 Å². The standard InChI is InChI=1S/C12H13FN2/c13-11-6-10(8-3-1-2-4-8)9(7-14)5-12(11)15/h5-6,8H,1-4,15H2. The number of nitriles is 1.